The molecule has 0 aromatic heterocycles. The van der Waals surface area contributed by atoms with E-state index in [1.54, 1.807) is 0 Å². The molecule has 19 heavy (non-hydrogen) atoms. The number of nitrogens with one attached hydrogen (secondary N) is 1. The molecule has 0 amide bonds. The van der Waals surface area contributed by atoms with Crippen LogP contribution < -0.4 is 10.1 Å². The molecule has 0 aliphatic carbocycles. The van der Waals surface area contributed by atoms with Crippen LogP contribution in [0.15, 0.2) is 22.7 Å². The third-order valence-electron chi connectivity index (χ3n) is 2.80. The van der Waals surface area contributed by atoms with Crippen LogP contribution in [0.5, 0.6) is 5.75 Å². The molecule has 1 aliphatic heterocycles. The number of hydrogen-bond acceptors (Lipinski definition) is 3. The summed E-state index contributed by atoms with van der Waals surface area (Å²) in [5.41, 5.74) is 1.19. The molecule has 1 aromatic carbocycles. The zero-order valence-electron chi connectivity index (χ0n) is 10.4. The van der Waals surface area contributed by atoms with Gasteiger partial charge in [0.25, 0.3) is 6.43 Å². The molecule has 1 aliphatic rings. The molecule has 1 heterocycles. The van der Waals surface area contributed by atoms with Crippen LogP contribution in [0.2, 0.25) is 0 Å². The summed E-state index contributed by atoms with van der Waals surface area (Å²) in [6, 6.07) is 5.96. The van der Waals surface area contributed by atoms with Crippen LogP contribution in [-0.4, -0.2) is 38.8 Å². The molecule has 1 atom stereocenters. The first-order valence-electron chi connectivity index (χ1n) is 6.17. The van der Waals surface area contributed by atoms with Crippen molar-refractivity contribution in [3.63, 3.8) is 0 Å². The van der Waals surface area contributed by atoms with Gasteiger partial charge in [-0.05, 0) is 23.8 Å². The van der Waals surface area contributed by atoms with Crippen molar-refractivity contribution in [2.45, 2.75) is 19.0 Å². The van der Waals surface area contributed by atoms with Crippen molar-refractivity contribution in [1.29, 1.82) is 0 Å². The Bertz CT molecular complexity index is 418. The lowest BCUT2D eigenvalue weighted by Gasteiger charge is -2.11. The van der Waals surface area contributed by atoms with E-state index in [9.17, 15) is 8.78 Å². The highest BCUT2D eigenvalue weighted by atomic mass is 79.9. The largest absolute Gasteiger partial charge is 0.488 e. The number of ether oxygens (including phenoxy) is 2. The normalized spacial score (nSPS) is 17.6. The highest BCUT2D eigenvalue weighted by Crippen LogP contribution is 2.30. The average molecular weight is 336 g/mol. The highest BCUT2D eigenvalue weighted by Gasteiger charge is 2.22. The summed E-state index contributed by atoms with van der Waals surface area (Å²) in [6.45, 7) is 1.02. The van der Waals surface area contributed by atoms with E-state index < -0.39 is 13.0 Å². The van der Waals surface area contributed by atoms with Gasteiger partial charge in [-0.25, -0.2) is 8.78 Å². The minimum absolute atomic E-state index is 0.0967. The van der Waals surface area contributed by atoms with Gasteiger partial charge < -0.3 is 14.8 Å². The maximum Gasteiger partial charge on any atom is 0.261 e. The van der Waals surface area contributed by atoms with Gasteiger partial charge in [0.15, 0.2) is 0 Å². The smallest absolute Gasteiger partial charge is 0.261 e. The molecule has 0 bridgehead atoms. The van der Waals surface area contributed by atoms with Gasteiger partial charge in [0.2, 0.25) is 0 Å². The molecule has 0 radical (unpaired) electrons. The Hall–Kier alpha value is -0.720. The molecule has 1 unspecified atom stereocenters. The Kier molecular flexibility index (Phi) is 5.54. The van der Waals surface area contributed by atoms with Crippen LogP contribution in [0, 0.1) is 0 Å². The van der Waals surface area contributed by atoms with Gasteiger partial charge in [0.1, 0.15) is 18.5 Å². The summed E-state index contributed by atoms with van der Waals surface area (Å²) in [5.74, 6) is 0.920. The van der Waals surface area contributed by atoms with E-state index in [4.69, 9.17) is 9.47 Å². The van der Waals surface area contributed by atoms with Gasteiger partial charge in [-0.1, -0.05) is 15.9 Å². The van der Waals surface area contributed by atoms with Crippen LogP contribution in [0.4, 0.5) is 8.78 Å². The van der Waals surface area contributed by atoms with Crippen LogP contribution in [0.1, 0.15) is 5.56 Å². The quantitative estimate of drug-likeness (QED) is 0.777. The summed E-state index contributed by atoms with van der Waals surface area (Å²) in [5, 5.41) is 3.14. The van der Waals surface area contributed by atoms with Gasteiger partial charge in [-0.15, -0.1) is 0 Å². The zero-order chi connectivity index (χ0) is 13.7. The summed E-state index contributed by atoms with van der Waals surface area (Å²) in [6.07, 6.45) is -1.44. The van der Waals surface area contributed by atoms with E-state index in [1.165, 1.54) is 5.56 Å². The van der Waals surface area contributed by atoms with Crippen LogP contribution in [-0.2, 0) is 11.2 Å². The maximum atomic E-state index is 11.8. The lowest BCUT2D eigenvalue weighted by molar-refractivity contribution is 0.0183. The molecule has 6 heteroatoms. The van der Waals surface area contributed by atoms with Gasteiger partial charge in [0.05, 0.1) is 6.61 Å². The number of benzene rings is 1. The predicted molar refractivity (Wildman–Crippen MR) is 72.0 cm³/mol. The molecule has 0 saturated carbocycles. The Morgan fingerprint density at radius 1 is 1.47 bits per heavy atom. The van der Waals surface area contributed by atoms with Gasteiger partial charge in [0, 0.05) is 24.0 Å². The molecular weight excluding hydrogens is 320 g/mol. The molecule has 0 fully saturated rings. The van der Waals surface area contributed by atoms with E-state index in [0.29, 0.717) is 13.1 Å². The van der Waals surface area contributed by atoms with Crippen molar-refractivity contribution in [3.05, 3.63) is 28.2 Å². The second-order valence-electron chi connectivity index (χ2n) is 4.37. The Labute approximate surface area is 119 Å². The summed E-state index contributed by atoms with van der Waals surface area (Å²) >= 11 is 3.43. The number of rotatable bonds is 7. The number of alkyl halides is 2. The van der Waals surface area contributed by atoms with Crippen molar-refractivity contribution in [2.75, 3.05) is 26.3 Å². The van der Waals surface area contributed by atoms with E-state index in [-0.39, 0.29) is 12.7 Å². The lowest BCUT2D eigenvalue weighted by atomic mass is 10.1. The van der Waals surface area contributed by atoms with Gasteiger partial charge in [-0.3, -0.25) is 0 Å². The van der Waals surface area contributed by atoms with E-state index >= 15 is 0 Å². The first kappa shape index (κ1) is 14.7. The predicted octanol–water partition coefficient (Wildman–Crippen LogP) is 2.62. The molecule has 0 saturated heterocycles. The number of fused-ring (bicyclic) bond motifs is 1. The molecular formula is C13H16BrF2NO2. The van der Waals surface area contributed by atoms with Crippen molar-refractivity contribution < 1.29 is 18.3 Å². The zero-order valence-corrected chi connectivity index (χ0v) is 12.0. The fourth-order valence-corrected chi connectivity index (χ4v) is 2.39. The SMILES string of the molecule is FC(F)COCCNCC1Cc2cc(Br)ccc2O1. The molecule has 1 aromatic rings. The van der Waals surface area contributed by atoms with Crippen molar-refractivity contribution in [2.24, 2.45) is 0 Å². The maximum absolute atomic E-state index is 11.8. The van der Waals surface area contributed by atoms with Crippen molar-refractivity contribution in [1.82, 2.24) is 5.32 Å². The summed E-state index contributed by atoms with van der Waals surface area (Å²) in [4.78, 5) is 0. The lowest BCUT2D eigenvalue weighted by Crippen LogP contribution is -2.32. The minimum atomic E-state index is -2.40. The van der Waals surface area contributed by atoms with E-state index in [2.05, 4.69) is 27.3 Å². The standard InChI is InChI=1S/C13H16BrF2NO2/c14-10-1-2-12-9(5-10)6-11(19-12)7-17-3-4-18-8-13(15)16/h1-2,5,11,13,17H,3-4,6-8H2. The third-order valence-corrected chi connectivity index (χ3v) is 3.30. The highest BCUT2D eigenvalue weighted by molar-refractivity contribution is 9.10. The molecule has 0 spiro atoms. The van der Waals surface area contributed by atoms with Crippen LogP contribution >= 0.6 is 15.9 Å². The first-order chi connectivity index (χ1) is 9.15. The fraction of sp³-hybridized carbons (Fsp3) is 0.538. The van der Waals surface area contributed by atoms with E-state index in [0.717, 1.165) is 16.6 Å². The van der Waals surface area contributed by atoms with Crippen LogP contribution in [0.3, 0.4) is 0 Å². The summed E-state index contributed by atoms with van der Waals surface area (Å²) in [7, 11) is 0. The van der Waals surface area contributed by atoms with Gasteiger partial charge in [-0.2, -0.15) is 0 Å². The monoisotopic (exact) mass is 335 g/mol. The Morgan fingerprint density at radius 3 is 3.11 bits per heavy atom. The number of hydrogen-bond donors (Lipinski definition) is 1. The Balaban J connectivity index is 1.62. The van der Waals surface area contributed by atoms with Crippen molar-refractivity contribution in [3.8, 4) is 5.75 Å². The third kappa shape index (κ3) is 4.71. The fourth-order valence-electron chi connectivity index (χ4n) is 1.98. The molecule has 1 N–H and O–H groups in total. The number of halogens is 3. The second-order valence-corrected chi connectivity index (χ2v) is 5.28. The first-order valence-corrected chi connectivity index (χ1v) is 6.96. The molecule has 2 rings (SSSR count). The average Bonchev–Trinajstić information content (AvgIpc) is 2.75. The molecule has 3 nitrogen and oxygen atoms in total. The van der Waals surface area contributed by atoms with Crippen molar-refractivity contribution >= 4 is 15.9 Å². The molecule has 106 valence electrons. The van der Waals surface area contributed by atoms with Crippen LogP contribution in [0.25, 0.3) is 0 Å². The Morgan fingerprint density at radius 2 is 2.32 bits per heavy atom. The summed E-state index contributed by atoms with van der Waals surface area (Å²) < 4.78 is 35.2. The second kappa shape index (κ2) is 7.17. The minimum Gasteiger partial charge on any atom is -0.488 e. The van der Waals surface area contributed by atoms with Gasteiger partial charge >= 0.3 is 0 Å². The van der Waals surface area contributed by atoms with E-state index in [1.807, 2.05) is 12.1 Å². The topological polar surface area (TPSA) is 30.5 Å².